The van der Waals surface area contributed by atoms with Gasteiger partial charge in [0.15, 0.2) is 0 Å². The molecule has 0 saturated heterocycles. The molecule has 140 valence electrons. The summed E-state index contributed by atoms with van der Waals surface area (Å²) in [4.78, 5) is 4.16. The van der Waals surface area contributed by atoms with Gasteiger partial charge in [0.2, 0.25) is 0 Å². The van der Waals surface area contributed by atoms with E-state index in [1.54, 1.807) is 47.4 Å². The largest absolute Gasteiger partial charge is 0.492 e. The van der Waals surface area contributed by atoms with Crippen molar-refractivity contribution < 1.29 is 13.2 Å². The number of fused-ring (bicyclic) bond motifs is 1. The molecule has 1 aliphatic carbocycles. The number of benzene rings is 2. The van der Waals surface area contributed by atoms with Crippen LogP contribution in [0.5, 0.6) is 5.75 Å². The van der Waals surface area contributed by atoms with E-state index in [0.29, 0.717) is 29.5 Å². The molecule has 0 spiro atoms. The Morgan fingerprint density at radius 2 is 2.00 bits per heavy atom. The van der Waals surface area contributed by atoms with Gasteiger partial charge in [0.05, 0.1) is 17.1 Å². The minimum absolute atomic E-state index is 0.292. The molecule has 3 aromatic rings. The van der Waals surface area contributed by atoms with E-state index in [1.165, 1.54) is 11.9 Å². The minimum Gasteiger partial charge on any atom is -0.492 e. The molecule has 0 atom stereocenters. The number of hydrogen-bond acceptors (Lipinski definition) is 5. The van der Waals surface area contributed by atoms with Crippen LogP contribution in [0.1, 0.15) is 17.5 Å². The van der Waals surface area contributed by atoms with E-state index < -0.39 is 10.0 Å². The topological polar surface area (TPSA) is 86.1 Å². The Balaban J connectivity index is 1.44. The van der Waals surface area contributed by atoms with Crippen molar-refractivity contribution >= 4 is 15.7 Å². The van der Waals surface area contributed by atoms with Crippen LogP contribution in [0.2, 0.25) is 0 Å². The number of nitrogens with zero attached hydrogens (tertiary/aromatic N) is 3. The van der Waals surface area contributed by atoms with Crippen LogP contribution in [0.15, 0.2) is 60.0 Å². The van der Waals surface area contributed by atoms with Crippen LogP contribution >= 0.6 is 0 Å². The fourth-order valence-electron chi connectivity index (χ4n) is 3.18. The van der Waals surface area contributed by atoms with E-state index in [0.717, 1.165) is 24.8 Å². The Bertz CT molecular complexity index is 1030. The van der Waals surface area contributed by atoms with Gasteiger partial charge in [-0.05, 0) is 54.7 Å². The SMILES string of the molecule is O=S(=O)(Nc1cccc(OCCn2cncn2)c1)c1ccc2c(c1)CCC2. The number of hydrogen-bond donors (Lipinski definition) is 1. The van der Waals surface area contributed by atoms with Crippen LogP contribution in [0, 0.1) is 0 Å². The maximum atomic E-state index is 12.7. The van der Waals surface area contributed by atoms with E-state index in [1.807, 2.05) is 6.07 Å². The fourth-order valence-corrected chi connectivity index (χ4v) is 4.28. The van der Waals surface area contributed by atoms with Gasteiger partial charge in [0.1, 0.15) is 25.0 Å². The van der Waals surface area contributed by atoms with Crippen molar-refractivity contribution in [2.24, 2.45) is 0 Å². The Morgan fingerprint density at radius 1 is 1.11 bits per heavy atom. The zero-order valence-corrected chi connectivity index (χ0v) is 15.5. The van der Waals surface area contributed by atoms with E-state index in [-0.39, 0.29) is 0 Å². The van der Waals surface area contributed by atoms with Gasteiger partial charge >= 0.3 is 0 Å². The highest BCUT2D eigenvalue weighted by Gasteiger charge is 2.18. The molecule has 0 amide bonds. The first kappa shape index (κ1) is 17.5. The van der Waals surface area contributed by atoms with Crippen LogP contribution in [-0.4, -0.2) is 29.8 Å². The highest BCUT2D eigenvalue weighted by Crippen LogP contribution is 2.26. The molecule has 8 heteroatoms. The van der Waals surface area contributed by atoms with Crippen molar-refractivity contribution in [2.75, 3.05) is 11.3 Å². The highest BCUT2D eigenvalue weighted by molar-refractivity contribution is 7.92. The van der Waals surface area contributed by atoms with Gasteiger partial charge < -0.3 is 4.74 Å². The Kier molecular flexibility index (Phi) is 4.81. The molecule has 1 aliphatic rings. The average Bonchev–Trinajstić information content (AvgIpc) is 3.32. The molecule has 4 rings (SSSR count). The van der Waals surface area contributed by atoms with E-state index in [4.69, 9.17) is 4.74 Å². The van der Waals surface area contributed by atoms with E-state index >= 15 is 0 Å². The normalized spacial score (nSPS) is 13.3. The number of aromatic nitrogens is 3. The summed E-state index contributed by atoms with van der Waals surface area (Å²) < 4.78 is 35.4. The molecule has 7 nitrogen and oxygen atoms in total. The standard InChI is InChI=1S/C19H20N4O3S/c24-27(25,19-8-7-15-3-1-4-16(15)11-19)22-17-5-2-6-18(12-17)26-10-9-23-14-20-13-21-23/h2,5-8,11-14,22H,1,3-4,9-10H2. The van der Waals surface area contributed by atoms with Gasteiger partial charge in [-0.1, -0.05) is 12.1 Å². The summed E-state index contributed by atoms with van der Waals surface area (Å²) in [5.74, 6) is 0.587. The number of anilines is 1. The second-order valence-electron chi connectivity index (χ2n) is 6.42. The molecule has 27 heavy (non-hydrogen) atoms. The molecule has 0 fully saturated rings. The lowest BCUT2D eigenvalue weighted by Crippen LogP contribution is -2.13. The van der Waals surface area contributed by atoms with Gasteiger partial charge in [0.25, 0.3) is 10.0 Å². The van der Waals surface area contributed by atoms with Crippen molar-refractivity contribution in [2.45, 2.75) is 30.7 Å². The second-order valence-corrected chi connectivity index (χ2v) is 8.11. The van der Waals surface area contributed by atoms with Crippen molar-refractivity contribution in [3.8, 4) is 5.75 Å². The Morgan fingerprint density at radius 3 is 2.85 bits per heavy atom. The van der Waals surface area contributed by atoms with Crippen LogP contribution in [-0.2, 0) is 29.4 Å². The highest BCUT2D eigenvalue weighted by atomic mass is 32.2. The Hall–Kier alpha value is -2.87. The summed E-state index contributed by atoms with van der Waals surface area (Å²) in [5, 5.41) is 4.01. The molecule has 1 N–H and O–H groups in total. The van der Waals surface area contributed by atoms with Gasteiger partial charge in [-0.3, -0.25) is 4.72 Å². The smallest absolute Gasteiger partial charge is 0.261 e. The van der Waals surface area contributed by atoms with Crippen LogP contribution in [0.3, 0.4) is 0 Å². The zero-order chi connectivity index (χ0) is 18.7. The fraction of sp³-hybridized carbons (Fsp3) is 0.263. The summed E-state index contributed by atoms with van der Waals surface area (Å²) in [7, 11) is -3.64. The summed E-state index contributed by atoms with van der Waals surface area (Å²) >= 11 is 0. The van der Waals surface area contributed by atoms with Crippen molar-refractivity contribution in [3.05, 3.63) is 66.2 Å². The van der Waals surface area contributed by atoms with Gasteiger partial charge in [-0.15, -0.1) is 0 Å². The first-order valence-electron chi connectivity index (χ1n) is 8.80. The number of rotatable bonds is 7. The number of nitrogens with one attached hydrogen (secondary N) is 1. The lowest BCUT2D eigenvalue weighted by atomic mass is 10.1. The van der Waals surface area contributed by atoms with Gasteiger partial charge in [0, 0.05) is 6.07 Å². The summed E-state index contributed by atoms with van der Waals surface area (Å²) in [6, 6.07) is 12.3. The number of aryl methyl sites for hydroxylation is 2. The predicted octanol–water partition coefficient (Wildman–Crippen LogP) is 2.65. The number of sulfonamides is 1. The molecule has 2 aromatic carbocycles. The molecule has 0 aliphatic heterocycles. The van der Waals surface area contributed by atoms with Crippen molar-refractivity contribution in [3.63, 3.8) is 0 Å². The second kappa shape index (κ2) is 7.40. The monoisotopic (exact) mass is 384 g/mol. The molecule has 0 saturated carbocycles. The predicted molar refractivity (Wildman–Crippen MR) is 101 cm³/mol. The van der Waals surface area contributed by atoms with Crippen LogP contribution in [0.4, 0.5) is 5.69 Å². The lowest BCUT2D eigenvalue weighted by molar-refractivity contribution is 0.291. The minimum atomic E-state index is -3.64. The van der Waals surface area contributed by atoms with E-state index in [9.17, 15) is 8.42 Å². The third-order valence-electron chi connectivity index (χ3n) is 4.52. The zero-order valence-electron chi connectivity index (χ0n) is 14.7. The summed E-state index contributed by atoms with van der Waals surface area (Å²) in [6.07, 6.45) is 6.13. The molecular formula is C19H20N4O3S. The summed E-state index contributed by atoms with van der Waals surface area (Å²) in [6.45, 7) is 0.968. The Labute approximate surface area is 158 Å². The maximum Gasteiger partial charge on any atom is 0.261 e. The number of ether oxygens (including phenoxy) is 1. The van der Waals surface area contributed by atoms with E-state index in [2.05, 4.69) is 14.8 Å². The van der Waals surface area contributed by atoms with Crippen molar-refractivity contribution in [1.82, 2.24) is 14.8 Å². The maximum absolute atomic E-state index is 12.7. The first-order valence-corrected chi connectivity index (χ1v) is 10.3. The molecular weight excluding hydrogens is 364 g/mol. The molecule has 1 heterocycles. The van der Waals surface area contributed by atoms with Gasteiger partial charge in [-0.2, -0.15) is 5.10 Å². The molecule has 0 unspecified atom stereocenters. The molecule has 1 aromatic heterocycles. The van der Waals surface area contributed by atoms with Crippen LogP contribution < -0.4 is 9.46 Å². The first-order chi connectivity index (χ1) is 13.1. The van der Waals surface area contributed by atoms with Crippen LogP contribution in [0.25, 0.3) is 0 Å². The molecule has 0 bridgehead atoms. The molecule has 0 radical (unpaired) electrons. The van der Waals surface area contributed by atoms with Crippen molar-refractivity contribution in [1.29, 1.82) is 0 Å². The third-order valence-corrected chi connectivity index (χ3v) is 5.90. The lowest BCUT2D eigenvalue weighted by Gasteiger charge is -2.11. The third kappa shape index (κ3) is 4.11. The quantitative estimate of drug-likeness (QED) is 0.677. The average molecular weight is 384 g/mol. The summed E-state index contributed by atoms with van der Waals surface area (Å²) in [5.41, 5.74) is 2.84. The van der Waals surface area contributed by atoms with Gasteiger partial charge in [-0.25, -0.2) is 18.1 Å².